The van der Waals surface area contributed by atoms with Crippen molar-refractivity contribution in [2.45, 2.75) is 39.2 Å². The average Bonchev–Trinajstić information content (AvgIpc) is 2.79. The molecule has 2 amide bonds. The fourth-order valence-electron chi connectivity index (χ4n) is 3.35. The molecule has 0 fully saturated rings. The highest BCUT2D eigenvalue weighted by Gasteiger charge is 2.35. The topological polar surface area (TPSA) is 110 Å². The summed E-state index contributed by atoms with van der Waals surface area (Å²) in [6, 6.07) is 6.60. The Morgan fingerprint density at radius 2 is 1.69 bits per heavy atom. The zero-order valence-electron chi connectivity index (χ0n) is 15.5. The number of fused-ring (bicyclic) bond motifs is 1. The van der Waals surface area contributed by atoms with Gasteiger partial charge in [-0.15, -0.1) is 0 Å². The van der Waals surface area contributed by atoms with Crippen LogP contribution in [0, 0.1) is 5.92 Å². The molecule has 8 heteroatoms. The normalized spacial score (nSPS) is 16.9. The maximum Gasteiger partial charge on any atom is 0.261 e. The molecule has 1 atom stereocenters. The fraction of sp³-hybridized carbons (Fsp3) is 0.556. The van der Waals surface area contributed by atoms with Crippen LogP contribution in [0.25, 0.3) is 0 Å². The van der Waals surface area contributed by atoms with Gasteiger partial charge in [-0.3, -0.25) is 14.5 Å². The third-order valence-corrected chi connectivity index (χ3v) is 6.01. The average molecular weight is 381 g/mol. The highest BCUT2D eigenvalue weighted by molar-refractivity contribution is 7.89. The molecule has 0 saturated heterocycles. The van der Waals surface area contributed by atoms with E-state index in [-0.39, 0.29) is 37.1 Å². The van der Waals surface area contributed by atoms with Crippen LogP contribution in [0.4, 0.5) is 0 Å². The summed E-state index contributed by atoms with van der Waals surface area (Å²) >= 11 is 0. The Bertz CT molecular complexity index is 756. The van der Waals surface area contributed by atoms with E-state index in [0.29, 0.717) is 23.5 Å². The lowest BCUT2D eigenvalue weighted by Gasteiger charge is -2.30. The number of nitrogens with one attached hydrogen (secondary N) is 1. The van der Waals surface area contributed by atoms with Gasteiger partial charge in [-0.1, -0.05) is 26.0 Å². The van der Waals surface area contributed by atoms with Gasteiger partial charge in [0.1, 0.15) is 0 Å². The summed E-state index contributed by atoms with van der Waals surface area (Å²) in [6.45, 7) is 6.06. The molecule has 0 bridgehead atoms. The van der Waals surface area contributed by atoms with Gasteiger partial charge < -0.3 is 5.73 Å². The molecule has 3 N–H and O–H groups in total. The van der Waals surface area contributed by atoms with E-state index in [0.717, 1.165) is 4.90 Å². The molecule has 1 aliphatic rings. The van der Waals surface area contributed by atoms with Crippen LogP contribution < -0.4 is 10.5 Å². The Balaban J connectivity index is 1.95. The standard InChI is InChI=1S/C18H27N3O4S/c1-13(2)11-18(3,12-19)20-26(24,25)10-6-9-21-16(22)14-7-4-5-8-15(14)17(21)23/h4-5,7-8,13,20H,6,9-12,19H2,1-3H3. The molecule has 1 aromatic carbocycles. The number of imide groups is 1. The van der Waals surface area contributed by atoms with Crippen molar-refractivity contribution in [1.29, 1.82) is 0 Å². The third kappa shape index (κ3) is 4.69. The summed E-state index contributed by atoms with van der Waals surface area (Å²) in [7, 11) is -3.57. The van der Waals surface area contributed by atoms with Gasteiger partial charge in [0, 0.05) is 18.6 Å². The van der Waals surface area contributed by atoms with Gasteiger partial charge in [0.25, 0.3) is 11.8 Å². The predicted molar refractivity (Wildman–Crippen MR) is 100 cm³/mol. The van der Waals surface area contributed by atoms with Crippen LogP contribution >= 0.6 is 0 Å². The van der Waals surface area contributed by atoms with E-state index < -0.39 is 15.6 Å². The molecule has 0 aliphatic carbocycles. The first-order valence-corrected chi connectivity index (χ1v) is 10.4. The number of nitrogens with zero attached hydrogens (tertiary/aromatic N) is 1. The molecule has 0 saturated carbocycles. The van der Waals surface area contributed by atoms with Crippen LogP contribution in [0.15, 0.2) is 24.3 Å². The lowest BCUT2D eigenvalue weighted by Crippen LogP contribution is -2.52. The van der Waals surface area contributed by atoms with Gasteiger partial charge in [0.05, 0.1) is 16.9 Å². The van der Waals surface area contributed by atoms with Crippen LogP contribution in [-0.4, -0.2) is 49.5 Å². The number of rotatable bonds is 9. The van der Waals surface area contributed by atoms with E-state index in [2.05, 4.69) is 4.72 Å². The highest BCUT2D eigenvalue weighted by atomic mass is 32.2. The number of nitrogens with two attached hydrogens (primary N) is 1. The number of sulfonamides is 1. The Kier molecular flexibility index (Phi) is 6.21. The molecule has 144 valence electrons. The number of carbonyl (C=O) groups excluding carboxylic acids is 2. The number of amides is 2. The van der Waals surface area contributed by atoms with E-state index in [1.54, 1.807) is 31.2 Å². The molecular formula is C18H27N3O4S. The molecule has 1 aromatic rings. The Hall–Kier alpha value is -1.77. The lowest BCUT2D eigenvalue weighted by molar-refractivity contribution is 0.0654. The van der Waals surface area contributed by atoms with Gasteiger partial charge in [0.2, 0.25) is 10.0 Å². The van der Waals surface area contributed by atoms with Crippen molar-refractivity contribution in [2.75, 3.05) is 18.8 Å². The maximum absolute atomic E-state index is 12.4. The second-order valence-corrected chi connectivity index (χ2v) is 9.29. The molecule has 0 spiro atoms. The van der Waals surface area contributed by atoms with Crippen molar-refractivity contribution in [3.63, 3.8) is 0 Å². The first-order chi connectivity index (χ1) is 12.1. The van der Waals surface area contributed by atoms with Gasteiger partial charge in [-0.05, 0) is 37.8 Å². The Morgan fingerprint density at radius 3 is 2.15 bits per heavy atom. The minimum atomic E-state index is -3.57. The quantitative estimate of drug-likeness (QED) is 0.628. The molecular weight excluding hydrogens is 354 g/mol. The van der Waals surface area contributed by atoms with Crippen molar-refractivity contribution >= 4 is 21.8 Å². The van der Waals surface area contributed by atoms with Crippen LogP contribution in [0.1, 0.15) is 54.3 Å². The molecule has 1 heterocycles. The maximum atomic E-state index is 12.4. The monoisotopic (exact) mass is 381 g/mol. The van der Waals surface area contributed by atoms with Crippen LogP contribution in [-0.2, 0) is 10.0 Å². The number of hydrogen-bond donors (Lipinski definition) is 2. The Labute approximate surface area is 155 Å². The van der Waals surface area contributed by atoms with Crippen molar-refractivity contribution in [3.05, 3.63) is 35.4 Å². The highest BCUT2D eigenvalue weighted by Crippen LogP contribution is 2.22. The predicted octanol–water partition coefficient (Wildman–Crippen LogP) is 1.36. The number of benzene rings is 1. The SMILES string of the molecule is CC(C)CC(C)(CN)NS(=O)(=O)CCCN1C(=O)c2ccccc2C1=O. The first kappa shape index (κ1) is 20.5. The lowest BCUT2D eigenvalue weighted by atomic mass is 9.92. The minimum absolute atomic E-state index is 0.0662. The molecule has 7 nitrogen and oxygen atoms in total. The summed E-state index contributed by atoms with van der Waals surface area (Å²) in [6.07, 6.45) is 0.796. The van der Waals surface area contributed by atoms with Crippen LogP contribution in [0.3, 0.4) is 0 Å². The number of carbonyl (C=O) groups is 2. The summed E-state index contributed by atoms with van der Waals surface area (Å²) in [5.74, 6) is -0.622. The van der Waals surface area contributed by atoms with Gasteiger partial charge in [0.15, 0.2) is 0 Å². The van der Waals surface area contributed by atoms with Gasteiger partial charge >= 0.3 is 0 Å². The van der Waals surface area contributed by atoms with Crippen molar-refractivity contribution < 1.29 is 18.0 Å². The molecule has 26 heavy (non-hydrogen) atoms. The van der Waals surface area contributed by atoms with E-state index in [4.69, 9.17) is 5.73 Å². The van der Waals surface area contributed by atoms with Crippen molar-refractivity contribution in [3.8, 4) is 0 Å². The third-order valence-electron chi connectivity index (χ3n) is 4.38. The molecule has 0 aromatic heterocycles. The second-order valence-electron chi connectivity index (χ2n) is 7.44. The summed E-state index contributed by atoms with van der Waals surface area (Å²) < 4.78 is 27.4. The largest absolute Gasteiger partial charge is 0.329 e. The summed E-state index contributed by atoms with van der Waals surface area (Å²) in [5.41, 5.74) is 5.78. The van der Waals surface area contributed by atoms with E-state index in [1.807, 2.05) is 13.8 Å². The van der Waals surface area contributed by atoms with Crippen LogP contribution in [0.5, 0.6) is 0 Å². The minimum Gasteiger partial charge on any atom is -0.329 e. The van der Waals surface area contributed by atoms with Gasteiger partial charge in [-0.2, -0.15) is 0 Å². The summed E-state index contributed by atoms with van der Waals surface area (Å²) in [5, 5.41) is 0. The molecule has 1 aliphatic heterocycles. The molecule has 1 unspecified atom stereocenters. The van der Waals surface area contributed by atoms with Crippen molar-refractivity contribution in [1.82, 2.24) is 9.62 Å². The second kappa shape index (κ2) is 7.85. The van der Waals surface area contributed by atoms with Crippen LogP contribution in [0.2, 0.25) is 0 Å². The van der Waals surface area contributed by atoms with E-state index in [9.17, 15) is 18.0 Å². The Morgan fingerprint density at radius 1 is 1.15 bits per heavy atom. The molecule has 0 radical (unpaired) electrons. The summed E-state index contributed by atoms with van der Waals surface area (Å²) in [4.78, 5) is 25.7. The fourth-order valence-corrected chi connectivity index (χ4v) is 4.88. The number of hydrogen-bond acceptors (Lipinski definition) is 5. The van der Waals surface area contributed by atoms with Crippen molar-refractivity contribution in [2.24, 2.45) is 11.7 Å². The van der Waals surface area contributed by atoms with E-state index in [1.165, 1.54) is 0 Å². The smallest absolute Gasteiger partial charge is 0.261 e. The van der Waals surface area contributed by atoms with E-state index >= 15 is 0 Å². The zero-order chi connectivity index (χ0) is 19.5. The van der Waals surface area contributed by atoms with Gasteiger partial charge in [-0.25, -0.2) is 13.1 Å². The first-order valence-electron chi connectivity index (χ1n) is 8.75. The zero-order valence-corrected chi connectivity index (χ0v) is 16.3. The molecule has 2 rings (SSSR count).